The van der Waals surface area contributed by atoms with Crippen molar-refractivity contribution < 1.29 is 30.5 Å². The number of anilines is 4. The molecule has 2 aliphatic heterocycles. The first-order valence-corrected chi connectivity index (χ1v) is 19.5. The van der Waals surface area contributed by atoms with Gasteiger partial charge in [-0.15, -0.1) is 42.4 Å². The molecule has 0 atom stereocenters. The molecule has 9 aromatic rings. The number of ether oxygens (including phenoxy) is 2. The van der Waals surface area contributed by atoms with Crippen LogP contribution in [0.2, 0.25) is 0 Å². The van der Waals surface area contributed by atoms with Gasteiger partial charge in [0, 0.05) is 72.5 Å². The van der Waals surface area contributed by atoms with Crippen molar-refractivity contribution in [3.05, 3.63) is 188 Å². The van der Waals surface area contributed by atoms with Gasteiger partial charge in [-0.05, 0) is 57.8 Å². The van der Waals surface area contributed by atoms with Gasteiger partial charge in [0.1, 0.15) is 11.6 Å². The summed E-state index contributed by atoms with van der Waals surface area (Å²) in [5.74, 6) is 3.45. The van der Waals surface area contributed by atoms with Crippen molar-refractivity contribution in [3.63, 3.8) is 0 Å². The van der Waals surface area contributed by atoms with Crippen LogP contribution in [-0.2, 0) is 26.5 Å². The predicted octanol–water partition coefficient (Wildman–Crippen LogP) is 13.7. The molecule has 2 aliphatic rings. The molecule has 0 amide bonds. The number of benzene rings is 7. The zero-order valence-electron chi connectivity index (χ0n) is 32.6. The molecule has 0 fully saturated rings. The molecule has 290 valence electrons. The van der Waals surface area contributed by atoms with E-state index in [1.54, 1.807) is 0 Å². The van der Waals surface area contributed by atoms with Gasteiger partial charge >= 0.3 is 0 Å². The van der Waals surface area contributed by atoms with Crippen molar-refractivity contribution in [1.29, 1.82) is 0 Å². The van der Waals surface area contributed by atoms with Crippen LogP contribution in [0.4, 0.5) is 22.7 Å². The molecule has 2 aromatic heterocycles. The van der Waals surface area contributed by atoms with Gasteiger partial charge in [-0.3, -0.25) is 0 Å². The maximum Gasteiger partial charge on any atom is 0.135 e. The molecule has 7 aromatic carbocycles. The number of para-hydroxylation sites is 3. The third-order valence-electron chi connectivity index (χ3n) is 11.1. The van der Waals surface area contributed by atoms with Crippen LogP contribution >= 0.6 is 0 Å². The van der Waals surface area contributed by atoms with Gasteiger partial charge in [-0.25, -0.2) is 4.98 Å². The van der Waals surface area contributed by atoms with Crippen LogP contribution in [0, 0.1) is 18.8 Å². The van der Waals surface area contributed by atoms with Gasteiger partial charge in [0.2, 0.25) is 0 Å². The number of nitrogens with zero attached hydrogens (tertiary/aromatic N) is 4. The van der Waals surface area contributed by atoms with Crippen LogP contribution in [0.5, 0.6) is 23.0 Å². The normalized spacial score (nSPS) is 12.9. The fraction of sp³-hybridized carbons (Fsp3) is 0.0769. The Morgan fingerprint density at radius 3 is 2.03 bits per heavy atom. The Labute approximate surface area is 358 Å². The SMILES string of the molecule is CC(C)(C)c1ccnc(-n2c3[c-]c(Oc4[c-]c5c(cc4)Oc4cccc6c4N5[CH-]N6c4c(-c5ccccc5)cccc4-c4ccccc4)ccc3c3ccccc32)c1.[Pt]. The smallest absolute Gasteiger partial charge is 0.135 e. The van der Waals surface area contributed by atoms with E-state index in [9.17, 15) is 0 Å². The first-order chi connectivity index (χ1) is 28.4. The van der Waals surface area contributed by atoms with E-state index in [0.29, 0.717) is 17.2 Å². The Morgan fingerprint density at radius 2 is 1.29 bits per heavy atom. The van der Waals surface area contributed by atoms with Crippen molar-refractivity contribution in [3.8, 4) is 51.1 Å². The second kappa shape index (κ2) is 14.3. The summed E-state index contributed by atoms with van der Waals surface area (Å²) < 4.78 is 15.4. The Morgan fingerprint density at radius 1 is 0.610 bits per heavy atom. The zero-order valence-corrected chi connectivity index (χ0v) is 34.9. The summed E-state index contributed by atoms with van der Waals surface area (Å²) in [6.45, 7) is 8.81. The molecule has 0 radical (unpaired) electrons. The largest absolute Gasteiger partial charge is 0.513 e. The Kier molecular flexibility index (Phi) is 8.92. The minimum atomic E-state index is -0.0268. The molecule has 59 heavy (non-hydrogen) atoms. The minimum Gasteiger partial charge on any atom is -0.513 e. The molecular weight excluding hydrogens is 908 g/mol. The molecule has 0 spiro atoms. The van der Waals surface area contributed by atoms with Crippen molar-refractivity contribution >= 4 is 44.6 Å². The number of rotatable bonds is 6. The zero-order chi connectivity index (χ0) is 39.0. The van der Waals surface area contributed by atoms with Crippen molar-refractivity contribution in [2.45, 2.75) is 26.2 Å². The number of hydrogen-bond donors (Lipinski definition) is 0. The average Bonchev–Trinajstić information content (AvgIpc) is 3.81. The number of fused-ring (bicyclic) bond motifs is 5. The van der Waals surface area contributed by atoms with Crippen LogP contribution in [0.25, 0.3) is 49.9 Å². The number of pyridine rings is 1. The van der Waals surface area contributed by atoms with Gasteiger partial charge in [0.25, 0.3) is 0 Å². The van der Waals surface area contributed by atoms with Gasteiger partial charge in [0.05, 0.1) is 5.69 Å². The third kappa shape index (κ3) is 6.18. The Hall–Kier alpha value is -6.62. The van der Waals surface area contributed by atoms with Crippen molar-refractivity contribution in [2.75, 3.05) is 9.80 Å². The van der Waals surface area contributed by atoms with Gasteiger partial charge in [-0.2, -0.15) is 6.07 Å². The summed E-state index contributed by atoms with van der Waals surface area (Å²) in [7, 11) is 0. The van der Waals surface area contributed by atoms with Crippen LogP contribution in [0.15, 0.2) is 164 Å². The predicted molar refractivity (Wildman–Crippen MR) is 234 cm³/mol. The molecule has 0 bridgehead atoms. The van der Waals surface area contributed by atoms with E-state index in [0.717, 1.165) is 78.4 Å². The average molecular weight is 945 g/mol. The van der Waals surface area contributed by atoms with E-state index in [1.807, 2.05) is 30.5 Å². The van der Waals surface area contributed by atoms with Crippen molar-refractivity contribution in [1.82, 2.24) is 9.55 Å². The summed E-state index contributed by atoms with van der Waals surface area (Å²) >= 11 is 0. The fourth-order valence-electron chi connectivity index (χ4n) is 8.30. The summed E-state index contributed by atoms with van der Waals surface area (Å²) in [5, 5.41) is 2.21. The maximum atomic E-state index is 6.63. The van der Waals surface area contributed by atoms with Crippen molar-refractivity contribution in [2.24, 2.45) is 0 Å². The standard InChI is InChI=1S/C52H37N4O2.Pt/c1-52(2,3)36-28-29-53-49(30-36)56-43-21-11-10-18-41(43)42-26-24-37(31-45(42)56)57-38-25-27-47-46(32-38)55-33-54(44-22-13-23-48(58-47)51(44)55)50-39(34-14-6-4-7-15-34)19-12-20-40(50)35-16-8-5-9-17-35;/h4-30,33H,1-3H3;/q-3;. The second-order valence-corrected chi connectivity index (χ2v) is 15.7. The minimum absolute atomic E-state index is 0. The van der Waals surface area contributed by atoms with E-state index in [-0.39, 0.29) is 26.5 Å². The van der Waals surface area contributed by atoms with E-state index >= 15 is 0 Å². The monoisotopic (exact) mass is 944 g/mol. The molecule has 0 aliphatic carbocycles. The fourth-order valence-corrected chi connectivity index (χ4v) is 8.30. The first kappa shape index (κ1) is 36.7. The van der Waals surface area contributed by atoms with E-state index in [1.165, 1.54) is 5.56 Å². The van der Waals surface area contributed by atoms with Gasteiger partial charge in [-0.1, -0.05) is 135 Å². The van der Waals surface area contributed by atoms with Gasteiger partial charge < -0.3 is 23.8 Å². The molecular formula is C52H37N4O2Pt-3. The Balaban J connectivity index is 0.00000420. The number of hydrogen-bond acceptors (Lipinski definition) is 5. The summed E-state index contributed by atoms with van der Waals surface area (Å²) in [6.07, 6.45) is 1.89. The molecule has 0 N–H and O–H groups in total. The summed E-state index contributed by atoms with van der Waals surface area (Å²) in [5.41, 5.74) is 11.5. The van der Waals surface area contributed by atoms with Gasteiger partial charge in [0.15, 0.2) is 0 Å². The molecule has 6 nitrogen and oxygen atoms in total. The third-order valence-corrected chi connectivity index (χ3v) is 11.1. The Bertz CT molecular complexity index is 2990. The van der Waals surface area contributed by atoms with Crippen LogP contribution in [-0.4, -0.2) is 9.55 Å². The molecule has 11 rings (SSSR count). The van der Waals surface area contributed by atoms with Crippen LogP contribution in [0.1, 0.15) is 26.3 Å². The van der Waals surface area contributed by atoms with E-state index < -0.39 is 0 Å². The van der Waals surface area contributed by atoms with E-state index in [2.05, 4.69) is 187 Å². The second-order valence-electron chi connectivity index (χ2n) is 15.7. The quantitative estimate of drug-likeness (QED) is 0.155. The van der Waals surface area contributed by atoms with Crippen LogP contribution in [0.3, 0.4) is 0 Å². The molecule has 0 saturated heterocycles. The van der Waals surface area contributed by atoms with E-state index in [4.69, 9.17) is 14.5 Å². The molecule has 0 saturated carbocycles. The maximum absolute atomic E-state index is 6.63. The first-order valence-electron chi connectivity index (χ1n) is 19.5. The topological polar surface area (TPSA) is 42.8 Å². The molecule has 7 heteroatoms. The van der Waals surface area contributed by atoms with Crippen LogP contribution < -0.4 is 19.3 Å². The summed E-state index contributed by atoms with van der Waals surface area (Å²) in [6, 6.07) is 61.7. The molecule has 0 unspecified atom stereocenters. The summed E-state index contributed by atoms with van der Waals surface area (Å²) in [4.78, 5) is 9.30. The number of aromatic nitrogens is 2. The molecule has 4 heterocycles.